The van der Waals surface area contributed by atoms with Gasteiger partial charge in [0.05, 0.1) is 6.10 Å². The molecule has 0 spiro atoms. The summed E-state index contributed by atoms with van der Waals surface area (Å²) in [5.41, 5.74) is 0. The maximum Gasteiger partial charge on any atom is 0.221 e. The van der Waals surface area contributed by atoms with E-state index in [0.717, 1.165) is 6.42 Å². The summed E-state index contributed by atoms with van der Waals surface area (Å²) in [4.78, 5) is 12.7. The van der Waals surface area contributed by atoms with Crippen molar-refractivity contribution in [2.24, 2.45) is 0 Å². The molecule has 0 saturated heterocycles. The summed E-state index contributed by atoms with van der Waals surface area (Å²) in [6.45, 7) is 4.48. The lowest BCUT2D eigenvalue weighted by atomic mass is 10.2. The Hall–Kier alpha value is -0.610. The number of carbonyl (C=O) groups excluding carboxylic acids is 1. The van der Waals surface area contributed by atoms with Gasteiger partial charge in [-0.05, 0) is 6.42 Å². The fourth-order valence-electron chi connectivity index (χ4n) is 1.04. The predicted octanol–water partition coefficient (Wildman–Crippen LogP) is 0.864. The monoisotopic (exact) mass is 189 g/mol. The van der Waals surface area contributed by atoms with E-state index >= 15 is 0 Å². The molecule has 0 aliphatic heterocycles. The summed E-state index contributed by atoms with van der Waals surface area (Å²) in [6.07, 6.45) is 0.989. The van der Waals surface area contributed by atoms with Crippen LogP contribution in [0.3, 0.4) is 0 Å². The van der Waals surface area contributed by atoms with E-state index in [1.165, 1.54) is 6.92 Å². The fourth-order valence-corrected chi connectivity index (χ4v) is 1.04. The summed E-state index contributed by atoms with van der Waals surface area (Å²) in [6, 6.07) is 0. The average molecular weight is 189 g/mol. The molecule has 1 amide bonds. The largest absolute Gasteiger partial charge is 0.380 e. The second-order valence-corrected chi connectivity index (χ2v) is 2.93. The van der Waals surface area contributed by atoms with Crippen molar-refractivity contribution in [1.29, 1.82) is 0 Å². The summed E-state index contributed by atoms with van der Waals surface area (Å²) in [5, 5.41) is 0. The van der Waals surface area contributed by atoms with Crippen LogP contribution >= 0.6 is 0 Å². The minimum atomic E-state index is 0.0114. The normalized spacial score (nSPS) is 12.6. The first-order valence-corrected chi connectivity index (χ1v) is 4.42. The number of rotatable bonds is 6. The molecule has 1 atom stereocenters. The molecule has 0 aromatic rings. The Morgan fingerprint density at radius 2 is 2.08 bits per heavy atom. The van der Waals surface area contributed by atoms with Crippen LogP contribution in [0.2, 0.25) is 0 Å². The first kappa shape index (κ1) is 12.4. The molecule has 13 heavy (non-hydrogen) atoms. The van der Waals surface area contributed by atoms with Crippen LogP contribution < -0.4 is 0 Å². The van der Waals surface area contributed by atoms with Gasteiger partial charge < -0.3 is 14.4 Å². The van der Waals surface area contributed by atoms with Crippen LogP contribution in [0.15, 0.2) is 0 Å². The Balaban J connectivity index is 3.99. The van der Waals surface area contributed by atoms with Crippen LogP contribution in [-0.2, 0) is 14.3 Å². The molecule has 4 nitrogen and oxygen atoms in total. The van der Waals surface area contributed by atoms with E-state index in [1.54, 1.807) is 19.1 Å². The highest BCUT2D eigenvalue weighted by atomic mass is 16.5. The van der Waals surface area contributed by atoms with Crippen molar-refractivity contribution in [3.8, 4) is 0 Å². The molecule has 0 N–H and O–H groups in total. The second-order valence-electron chi connectivity index (χ2n) is 2.93. The van der Waals surface area contributed by atoms with Gasteiger partial charge in [0.25, 0.3) is 0 Å². The maximum atomic E-state index is 11.1. The molecule has 0 aliphatic carbocycles. The molecular weight excluding hydrogens is 170 g/mol. The minimum absolute atomic E-state index is 0.0114. The summed E-state index contributed by atoms with van der Waals surface area (Å²) >= 11 is 0. The molecule has 0 fully saturated rings. The van der Waals surface area contributed by atoms with Gasteiger partial charge in [-0.2, -0.15) is 0 Å². The maximum absolute atomic E-state index is 11.1. The van der Waals surface area contributed by atoms with Crippen LogP contribution in [0, 0.1) is 0 Å². The molecule has 0 heterocycles. The van der Waals surface area contributed by atoms with Crippen molar-refractivity contribution in [2.45, 2.75) is 26.4 Å². The van der Waals surface area contributed by atoms with Crippen molar-refractivity contribution >= 4 is 5.91 Å². The zero-order valence-electron chi connectivity index (χ0n) is 8.87. The van der Waals surface area contributed by atoms with Crippen molar-refractivity contribution < 1.29 is 14.3 Å². The Morgan fingerprint density at radius 3 is 2.38 bits per heavy atom. The van der Waals surface area contributed by atoms with E-state index in [2.05, 4.69) is 0 Å². The highest BCUT2D eigenvalue weighted by Gasteiger charge is 2.13. The predicted molar refractivity (Wildman–Crippen MR) is 50.4 cm³/mol. The van der Waals surface area contributed by atoms with E-state index < -0.39 is 0 Å². The molecule has 0 rings (SSSR count). The van der Waals surface area contributed by atoms with E-state index in [0.29, 0.717) is 13.3 Å². The van der Waals surface area contributed by atoms with Gasteiger partial charge in [-0.25, -0.2) is 0 Å². The molecule has 0 bridgehead atoms. The van der Waals surface area contributed by atoms with Crippen molar-refractivity contribution in [1.82, 2.24) is 4.90 Å². The number of ether oxygens (including phenoxy) is 2. The Kier molecular flexibility index (Phi) is 6.54. The minimum Gasteiger partial charge on any atom is -0.380 e. The lowest BCUT2D eigenvalue weighted by Crippen LogP contribution is -2.37. The molecule has 1 unspecified atom stereocenters. The summed E-state index contributed by atoms with van der Waals surface area (Å²) in [5.74, 6) is 0.0114. The van der Waals surface area contributed by atoms with Gasteiger partial charge in [0.2, 0.25) is 5.91 Å². The lowest BCUT2D eigenvalue weighted by molar-refractivity contribution is -0.135. The third-order valence-electron chi connectivity index (χ3n) is 1.94. The lowest BCUT2D eigenvalue weighted by Gasteiger charge is -2.24. The number of hydrogen-bond acceptors (Lipinski definition) is 3. The third-order valence-corrected chi connectivity index (χ3v) is 1.94. The van der Waals surface area contributed by atoms with E-state index in [9.17, 15) is 4.79 Å². The van der Waals surface area contributed by atoms with Gasteiger partial charge in [-0.1, -0.05) is 6.92 Å². The molecular formula is C9H19NO3. The molecule has 0 aromatic carbocycles. The zero-order chi connectivity index (χ0) is 10.3. The molecule has 0 radical (unpaired) electrons. The van der Waals surface area contributed by atoms with Gasteiger partial charge in [0, 0.05) is 27.7 Å². The van der Waals surface area contributed by atoms with Crippen molar-refractivity contribution in [3.63, 3.8) is 0 Å². The highest BCUT2D eigenvalue weighted by molar-refractivity contribution is 5.73. The Morgan fingerprint density at radius 1 is 1.46 bits per heavy atom. The van der Waals surface area contributed by atoms with Crippen LogP contribution in [0.1, 0.15) is 20.3 Å². The van der Waals surface area contributed by atoms with Crippen molar-refractivity contribution in [2.75, 3.05) is 27.5 Å². The van der Waals surface area contributed by atoms with Gasteiger partial charge in [-0.3, -0.25) is 4.79 Å². The number of nitrogens with zero attached hydrogens (tertiary/aromatic N) is 1. The Labute approximate surface area is 79.8 Å². The van der Waals surface area contributed by atoms with Gasteiger partial charge in [0.1, 0.15) is 6.73 Å². The standard InChI is InChI=1S/C9H19NO3/c1-5-9(13-4)6-10(7-12-3)8(2)11/h9H,5-7H2,1-4H3. The number of methoxy groups -OCH3 is 2. The van der Waals surface area contributed by atoms with Crippen LogP contribution in [-0.4, -0.2) is 44.4 Å². The SMILES string of the molecule is CCC(CN(COC)C(C)=O)OC. The smallest absolute Gasteiger partial charge is 0.221 e. The number of carbonyl (C=O) groups is 1. The molecule has 78 valence electrons. The van der Waals surface area contributed by atoms with E-state index in [4.69, 9.17) is 9.47 Å². The quantitative estimate of drug-likeness (QED) is 0.582. The molecule has 0 saturated carbocycles. The first-order valence-electron chi connectivity index (χ1n) is 4.42. The summed E-state index contributed by atoms with van der Waals surface area (Å²) < 4.78 is 10.1. The van der Waals surface area contributed by atoms with E-state index in [-0.39, 0.29) is 12.0 Å². The third kappa shape index (κ3) is 4.85. The second kappa shape index (κ2) is 6.86. The van der Waals surface area contributed by atoms with E-state index in [1.807, 2.05) is 6.92 Å². The van der Waals surface area contributed by atoms with Crippen molar-refractivity contribution in [3.05, 3.63) is 0 Å². The van der Waals surface area contributed by atoms with Crippen LogP contribution in [0.5, 0.6) is 0 Å². The fraction of sp³-hybridized carbons (Fsp3) is 0.889. The summed E-state index contributed by atoms with van der Waals surface area (Å²) in [7, 11) is 3.23. The molecule has 0 aromatic heterocycles. The number of hydrogen-bond donors (Lipinski definition) is 0. The number of amides is 1. The molecule has 0 aliphatic rings. The first-order chi connectivity index (χ1) is 6.15. The zero-order valence-corrected chi connectivity index (χ0v) is 8.87. The Bertz CT molecular complexity index is 146. The average Bonchev–Trinajstić information content (AvgIpc) is 2.11. The van der Waals surface area contributed by atoms with Gasteiger partial charge in [-0.15, -0.1) is 0 Å². The molecule has 4 heteroatoms. The van der Waals surface area contributed by atoms with Crippen LogP contribution in [0.25, 0.3) is 0 Å². The highest BCUT2D eigenvalue weighted by Crippen LogP contribution is 2.00. The van der Waals surface area contributed by atoms with Crippen LogP contribution in [0.4, 0.5) is 0 Å². The van der Waals surface area contributed by atoms with Gasteiger partial charge >= 0.3 is 0 Å². The van der Waals surface area contributed by atoms with Gasteiger partial charge in [0.15, 0.2) is 0 Å². The topological polar surface area (TPSA) is 38.8 Å².